The van der Waals surface area contributed by atoms with Gasteiger partial charge in [-0.1, -0.05) is 0 Å². The molecule has 0 spiro atoms. The molecule has 0 aromatic heterocycles. The SMILES string of the molecule is CCCP(CCC)C1=Cc2ccccc2[CH]1[Zr+2][CH]1C(P(C(C)(C)C)C(C)(C)C)=Cc2ccccc21.[Cl-].[Cl-]. The second-order valence-corrected chi connectivity index (χ2v) is 22.1. The third-order valence-electron chi connectivity index (χ3n) is 7.10. The standard InChI is InChI=1S/C17H24P.C15H20P.2ClH.Zr/c1-16(2,3)18(17(4,5)6)15-11-13-9-7-8-10-14(13)12-15;1-3-9-16(10-4-2)15-11-13-7-5-6-8-14(13)12-15;;;/h7-12H,1-6H3;5-8,11-12H,3-4,9-10H2,1-2H3;2*1H;/q;;;;+2/p-2. The van der Waals surface area contributed by atoms with Gasteiger partial charge in [0, 0.05) is 0 Å². The molecule has 5 heteroatoms. The summed E-state index contributed by atoms with van der Waals surface area (Å²) in [5, 5.41) is 4.29. The maximum Gasteiger partial charge on any atom is -1.00 e. The molecule has 2 unspecified atom stereocenters. The maximum atomic E-state index is 2.65. The van der Waals surface area contributed by atoms with Crippen LogP contribution in [0, 0.1) is 0 Å². The van der Waals surface area contributed by atoms with Crippen molar-refractivity contribution in [1.29, 1.82) is 0 Å². The molecule has 0 aliphatic heterocycles. The van der Waals surface area contributed by atoms with Crippen molar-refractivity contribution in [2.75, 3.05) is 12.3 Å². The van der Waals surface area contributed by atoms with Gasteiger partial charge in [0.05, 0.1) is 0 Å². The first kappa shape index (κ1) is 33.4. The summed E-state index contributed by atoms with van der Waals surface area (Å²) >= 11 is -0.871. The van der Waals surface area contributed by atoms with Crippen molar-refractivity contribution < 1.29 is 48.0 Å². The molecule has 2 aromatic carbocycles. The van der Waals surface area contributed by atoms with Crippen molar-refractivity contribution in [1.82, 2.24) is 0 Å². The van der Waals surface area contributed by atoms with Crippen LogP contribution in [0.4, 0.5) is 0 Å². The molecule has 0 saturated heterocycles. The third kappa shape index (κ3) is 7.31. The normalized spacial score (nSPS) is 18.4. The van der Waals surface area contributed by atoms with Crippen molar-refractivity contribution in [2.45, 2.75) is 85.8 Å². The Bertz CT molecular complexity index is 1090. The Kier molecular flexibility index (Phi) is 12.4. The Balaban J connectivity index is 0.00000241. The summed E-state index contributed by atoms with van der Waals surface area (Å²) in [6, 6.07) is 18.8. The summed E-state index contributed by atoms with van der Waals surface area (Å²) in [6.07, 6.45) is 10.7. The Morgan fingerprint density at radius 2 is 1.05 bits per heavy atom. The van der Waals surface area contributed by atoms with Gasteiger partial charge in [-0.15, -0.1) is 0 Å². The Morgan fingerprint density at radius 3 is 1.49 bits per heavy atom. The van der Waals surface area contributed by atoms with Crippen LogP contribution < -0.4 is 24.8 Å². The van der Waals surface area contributed by atoms with Crippen LogP contribution in [0.3, 0.4) is 0 Å². The van der Waals surface area contributed by atoms with Gasteiger partial charge < -0.3 is 24.8 Å². The van der Waals surface area contributed by atoms with Crippen LogP contribution in [0.2, 0.25) is 0 Å². The molecular formula is C32H44Cl2P2Zr. The zero-order chi connectivity index (χ0) is 25.4. The molecule has 2 atom stereocenters. The maximum absolute atomic E-state index is 2.65. The second-order valence-electron chi connectivity index (χ2n) is 12.1. The van der Waals surface area contributed by atoms with Gasteiger partial charge in [0.1, 0.15) is 0 Å². The molecule has 0 bridgehead atoms. The molecular weight excluding hydrogens is 608 g/mol. The van der Waals surface area contributed by atoms with Gasteiger partial charge in [-0.3, -0.25) is 0 Å². The third-order valence-corrected chi connectivity index (χ3v) is 19.7. The number of allylic oxidation sites excluding steroid dienone is 2. The van der Waals surface area contributed by atoms with Crippen LogP contribution in [0.25, 0.3) is 12.2 Å². The fourth-order valence-corrected chi connectivity index (χ4v) is 20.6. The summed E-state index contributed by atoms with van der Waals surface area (Å²) in [4.78, 5) is 0. The average molecular weight is 653 g/mol. The molecule has 4 rings (SSSR count). The molecule has 2 aromatic rings. The number of fused-ring (bicyclic) bond motifs is 2. The van der Waals surface area contributed by atoms with Gasteiger partial charge in [0.2, 0.25) is 0 Å². The van der Waals surface area contributed by atoms with E-state index in [-0.39, 0.29) is 40.7 Å². The topological polar surface area (TPSA) is 0 Å². The fraction of sp³-hybridized carbons (Fsp3) is 0.500. The first-order valence-electron chi connectivity index (χ1n) is 13.5. The van der Waals surface area contributed by atoms with Gasteiger partial charge in [-0.2, -0.15) is 0 Å². The van der Waals surface area contributed by atoms with Crippen LogP contribution in [-0.2, 0) is 23.2 Å². The summed E-state index contributed by atoms with van der Waals surface area (Å²) in [7, 11) is -0.291. The molecule has 0 nitrogen and oxygen atoms in total. The quantitative estimate of drug-likeness (QED) is 0.365. The zero-order valence-electron chi connectivity index (χ0n) is 23.9. The fourth-order valence-electron chi connectivity index (χ4n) is 6.29. The summed E-state index contributed by atoms with van der Waals surface area (Å²) in [5.74, 6) is 0. The molecule has 0 fully saturated rings. The van der Waals surface area contributed by atoms with E-state index in [2.05, 4.69) is 116 Å². The Morgan fingerprint density at radius 1 is 0.649 bits per heavy atom. The van der Waals surface area contributed by atoms with E-state index in [9.17, 15) is 0 Å². The largest absolute Gasteiger partial charge is 1.00 e. The first-order chi connectivity index (χ1) is 16.6. The van der Waals surface area contributed by atoms with Gasteiger partial charge in [0.15, 0.2) is 0 Å². The van der Waals surface area contributed by atoms with Crippen molar-refractivity contribution in [2.24, 2.45) is 0 Å². The van der Waals surface area contributed by atoms with E-state index >= 15 is 0 Å². The van der Waals surface area contributed by atoms with Gasteiger partial charge >= 0.3 is 231 Å². The van der Waals surface area contributed by atoms with E-state index in [4.69, 9.17) is 0 Å². The Hall–Kier alpha value is 0.243. The van der Waals surface area contributed by atoms with Gasteiger partial charge in [-0.05, 0) is 0 Å². The number of benzene rings is 2. The molecule has 0 amide bonds. The van der Waals surface area contributed by atoms with Crippen LogP contribution in [-0.4, -0.2) is 22.6 Å². The number of rotatable bonds is 8. The smallest absolute Gasteiger partial charge is 1.00 e. The molecule has 0 heterocycles. The van der Waals surface area contributed by atoms with Crippen LogP contribution in [0.15, 0.2) is 59.2 Å². The number of hydrogen-bond donors (Lipinski definition) is 0. The molecule has 200 valence electrons. The minimum atomic E-state index is -0.871. The predicted molar refractivity (Wildman–Crippen MR) is 158 cm³/mol. The van der Waals surface area contributed by atoms with Crippen molar-refractivity contribution in [3.05, 3.63) is 81.4 Å². The number of hydrogen-bond acceptors (Lipinski definition) is 0. The number of halogens is 2. The Labute approximate surface area is 253 Å². The van der Waals surface area contributed by atoms with Crippen LogP contribution in [0.1, 0.15) is 97.7 Å². The second kappa shape index (κ2) is 13.7. The summed E-state index contributed by atoms with van der Waals surface area (Å²) in [5.41, 5.74) is 6.34. The van der Waals surface area contributed by atoms with Crippen molar-refractivity contribution >= 4 is 28.0 Å². The zero-order valence-corrected chi connectivity index (χ0v) is 29.7. The molecule has 0 radical (unpaired) electrons. The average Bonchev–Trinajstić information content (AvgIpc) is 3.31. The minimum absolute atomic E-state index is 0. The minimum Gasteiger partial charge on any atom is -1.00 e. The van der Waals surface area contributed by atoms with Gasteiger partial charge in [-0.25, -0.2) is 0 Å². The predicted octanol–water partition coefficient (Wildman–Crippen LogP) is 4.65. The molecule has 0 saturated carbocycles. The molecule has 0 N–H and O–H groups in total. The van der Waals surface area contributed by atoms with Crippen molar-refractivity contribution in [3.8, 4) is 0 Å². The summed E-state index contributed by atoms with van der Waals surface area (Å²) in [6.45, 7) is 19.7. The molecule has 2 aliphatic rings. The molecule has 37 heavy (non-hydrogen) atoms. The first-order valence-corrected chi connectivity index (χ1v) is 19.4. The summed E-state index contributed by atoms with van der Waals surface area (Å²) < 4.78 is 1.43. The van der Waals surface area contributed by atoms with Crippen LogP contribution >= 0.6 is 15.8 Å². The van der Waals surface area contributed by atoms with Gasteiger partial charge in [0.25, 0.3) is 0 Å². The van der Waals surface area contributed by atoms with E-state index < -0.39 is 23.2 Å². The van der Waals surface area contributed by atoms with Crippen molar-refractivity contribution in [3.63, 3.8) is 0 Å². The van der Waals surface area contributed by atoms with E-state index in [1.807, 2.05) is 10.6 Å². The van der Waals surface area contributed by atoms with E-state index in [1.165, 1.54) is 36.3 Å². The molecule has 2 aliphatic carbocycles. The monoisotopic (exact) mass is 650 g/mol. The van der Waals surface area contributed by atoms with Crippen LogP contribution in [0.5, 0.6) is 0 Å². The van der Waals surface area contributed by atoms with E-state index in [0.29, 0.717) is 13.9 Å². The van der Waals surface area contributed by atoms with E-state index in [1.54, 1.807) is 11.1 Å². The van der Waals surface area contributed by atoms with E-state index in [0.717, 1.165) is 3.63 Å².